The van der Waals surface area contributed by atoms with Crippen LogP contribution in [0.25, 0.3) is 21.8 Å². The minimum Gasteiger partial charge on any atom is -0.355 e. The highest BCUT2D eigenvalue weighted by molar-refractivity contribution is 7.88. The zero-order chi connectivity index (χ0) is 35.6. The Morgan fingerprint density at radius 2 is 1.76 bits per heavy atom. The molecule has 1 N–H and O–H groups in total. The van der Waals surface area contributed by atoms with Crippen LogP contribution >= 0.6 is 0 Å². The van der Waals surface area contributed by atoms with Crippen molar-refractivity contribution in [2.75, 3.05) is 37.6 Å². The quantitative estimate of drug-likeness (QED) is 0.295. The smallest absolute Gasteiger partial charge is 0.355 e. The van der Waals surface area contributed by atoms with Crippen LogP contribution in [0.2, 0.25) is 0 Å². The van der Waals surface area contributed by atoms with Gasteiger partial charge in [-0.3, -0.25) is 9.69 Å². The van der Waals surface area contributed by atoms with Crippen LogP contribution in [0.1, 0.15) is 54.5 Å². The number of carbonyl (C=O) groups excluding carboxylic acids is 1. The predicted molar refractivity (Wildman–Crippen MR) is 183 cm³/mol. The Hall–Kier alpha value is -4.26. The van der Waals surface area contributed by atoms with Gasteiger partial charge in [0.05, 0.1) is 18.5 Å². The summed E-state index contributed by atoms with van der Waals surface area (Å²) in [6.07, 6.45) is 0.323. The summed E-state index contributed by atoms with van der Waals surface area (Å²) in [5.41, 5.74) is 4.41. The maximum absolute atomic E-state index is 13.1. The molecule has 11 nitrogen and oxygen atoms in total. The molecule has 0 atom stereocenters. The van der Waals surface area contributed by atoms with Crippen LogP contribution in [-0.2, 0) is 34.5 Å². The number of carbonyl (C=O) groups is 1. The molecule has 1 spiro atoms. The van der Waals surface area contributed by atoms with Gasteiger partial charge < -0.3 is 9.47 Å². The van der Waals surface area contributed by atoms with Crippen molar-refractivity contribution in [3.63, 3.8) is 0 Å². The van der Waals surface area contributed by atoms with Gasteiger partial charge in [0.15, 0.2) is 0 Å². The summed E-state index contributed by atoms with van der Waals surface area (Å²) in [7, 11) is -3.77. The van der Waals surface area contributed by atoms with E-state index < -0.39 is 34.3 Å². The van der Waals surface area contributed by atoms with Gasteiger partial charge in [-0.2, -0.15) is 31.2 Å². The summed E-state index contributed by atoms with van der Waals surface area (Å²) in [5, 5.41) is 11.8. The van der Waals surface area contributed by atoms with E-state index in [1.54, 1.807) is 12.1 Å². The topological polar surface area (TPSA) is 127 Å². The molecular weight excluding hydrogens is 682 g/mol. The Morgan fingerprint density at radius 1 is 1.02 bits per heavy atom. The summed E-state index contributed by atoms with van der Waals surface area (Å²) in [4.78, 5) is 25.2. The maximum Gasteiger partial charge on any atom is 0.393 e. The average Bonchev–Trinajstić information content (AvgIpc) is 3.52. The molecule has 0 unspecified atom stereocenters. The number of likely N-dealkylation sites (tertiary alicyclic amines) is 1. The number of benzene rings is 2. The van der Waals surface area contributed by atoms with Crippen molar-refractivity contribution in [3.8, 4) is 6.07 Å². The number of amides is 1. The predicted octanol–water partition coefficient (Wildman–Crippen LogP) is 4.57. The number of halogens is 3. The fraction of sp³-hybridized carbons (Fsp3) is 0.500. The number of hydrogen-bond donors (Lipinski definition) is 1. The van der Waals surface area contributed by atoms with Crippen molar-refractivity contribution < 1.29 is 26.4 Å². The van der Waals surface area contributed by atoms with Crippen molar-refractivity contribution in [3.05, 3.63) is 65.1 Å². The average molecular weight is 719 g/mol. The van der Waals surface area contributed by atoms with Gasteiger partial charge in [-0.05, 0) is 98.5 Å². The molecule has 266 valence electrons. The molecule has 3 aliphatic carbocycles. The van der Waals surface area contributed by atoms with E-state index in [-0.39, 0.29) is 22.9 Å². The molecular formula is C36H37F3N8O3S. The first-order chi connectivity index (χ1) is 24.2. The Labute approximate surface area is 293 Å². The molecule has 5 heterocycles. The number of fused-ring (bicyclic) bond motifs is 2. The van der Waals surface area contributed by atoms with Gasteiger partial charge in [-0.1, -0.05) is 12.1 Å². The lowest BCUT2D eigenvalue weighted by Crippen LogP contribution is -2.75. The van der Waals surface area contributed by atoms with E-state index in [4.69, 9.17) is 0 Å². The molecule has 6 fully saturated rings. The third kappa shape index (κ3) is 5.28. The summed E-state index contributed by atoms with van der Waals surface area (Å²) in [5.74, 6) is 0.215. The van der Waals surface area contributed by atoms with Crippen molar-refractivity contribution in [2.24, 2.45) is 10.8 Å². The van der Waals surface area contributed by atoms with Crippen LogP contribution in [0, 0.1) is 29.1 Å². The molecule has 4 aromatic rings. The summed E-state index contributed by atoms with van der Waals surface area (Å²) in [6, 6.07) is 13.3. The van der Waals surface area contributed by atoms with Gasteiger partial charge in [-0.25, -0.2) is 14.7 Å². The van der Waals surface area contributed by atoms with E-state index >= 15 is 0 Å². The van der Waals surface area contributed by atoms with Gasteiger partial charge in [0.2, 0.25) is 5.91 Å². The molecule has 15 heteroatoms. The number of anilines is 1. The molecule has 1 amide bonds. The van der Waals surface area contributed by atoms with E-state index in [9.17, 15) is 31.6 Å². The monoisotopic (exact) mass is 718 g/mol. The highest BCUT2D eigenvalue weighted by Crippen LogP contribution is 2.71. The van der Waals surface area contributed by atoms with Crippen LogP contribution in [-0.4, -0.2) is 82.5 Å². The Balaban J connectivity index is 0.847. The third-order valence-electron chi connectivity index (χ3n) is 12.3. The zero-order valence-electron chi connectivity index (χ0n) is 28.1. The SMILES string of the molecule is Cc1c(CN2CCC3(CC2)CN(c2ncnc4ccc(CC(F)(F)F)cc24)C3)ccc2c1cc(C#N)n2CC12CC(N3CC(=O)NS3(=O)=O)(C1)C2. The summed E-state index contributed by atoms with van der Waals surface area (Å²) in [6.45, 7) is 6.95. The maximum atomic E-state index is 13.1. The zero-order valence-corrected chi connectivity index (χ0v) is 28.9. The minimum atomic E-state index is -4.28. The number of hydrogen-bond acceptors (Lipinski definition) is 8. The van der Waals surface area contributed by atoms with E-state index in [1.165, 1.54) is 22.3 Å². The fourth-order valence-electron chi connectivity index (χ4n) is 9.87. The lowest BCUT2D eigenvalue weighted by atomic mass is 9.39. The number of rotatable bonds is 7. The number of piperidine rings is 1. The van der Waals surface area contributed by atoms with E-state index in [0.29, 0.717) is 48.2 Å². The van der Waals surface area contributed by atoms with E-state index in [0.717, 1.165) is 62.0 Å². The van der Waals surface area contributed by atoms with Crippen LogP contribution in [0.4, 0.5) is 19.0 Å². The molecule has 3 saturated carbocycles. The van der Waals surface area contributed by atoms with Gasteiger partial charge >= 0.3 is 16.4 Å². The first kappa shape index (κ1) is 32.6. The molecule has 2 bridgehead atoms. The molecule has 3 aliphatic heterocycles. The lowest BCUT2D eigenvalue weighted by molar-refractivity contribution is -0.198. The van der Waals surface area contributed by atoms with Crippen molar-refractivity contribution >= 4 is 43.7 Å². The molecule has 6 aliphatic rings. The van der Waals surface area contributed by atoms with Crippen LogP contribution < -0.4 is 9.62 Å². The lowest BCUT2D eigenvalue weighted by Gasteiger charge is -2.72. The molecule has 2 aromatic carbocycles. The van der Waals surface area contributed by atoms with Crippen molar-refractivity contribution in [2.45, 2.75) is 70.3 Å². The molecule has 0 radical (unpaired) electrons. The second kappa shape index (κ2) is 10.9. The fourth-order valence-corrected chi connectivity index (χ4v) is 11.3. The second-order valence-electron chi connectivity index (χ2n) is 15.8. The third-order valence-corrected chi connectivity index (χ3v) is 13.9. The molecule has 2 aromatic heterocycles. The van der Waals surface area contributed by atoms with Gasteiger partial charge in [0.1, 0.15) is 23.9 Å². The first-order valence-electron chi connectivity index (χ1n) is 17.3. The first-order valence-corrected chi connectivity index (χ1v) is 18.8. The summed E-state index contributed by atoms with van der Waals surface area (Å²) >= 11 is 0. The number of nitrogens with zero attached hydrogens (tertiary/aromatic N) is 7. The standard InChI is InChI=1S/C36H37F3N8O3S/c1-23-25(3-5-30-27(23)11-26(13-40)46(30)21-34-16-35(17-34,18-34)47-15-31(48)43-51(47,49)50)14-44-8-6-33(7-9-44)19-45(20-33)32-28-10-24(12-36(37,38)39)2-4-29(28)41-22-42-32/h2-5,10-11,22H,6-9,12,14-21H2,1H3,(H,43,48). The van der Waals surface area contributed by atoms with E-state index in [2.05, 4.69) is 54.2 Å². The highest BCUT2D eigenvalue weighted by Gasteiger charge is 2.73. The van der Waals surface area contributed by atoms with Gasteiger partial charge in [0.25, 0.3) is 0 Å². The Kier molecular flexibility index (Phi) is 6.96. The largest absolute Gasteiger partial charge is 0.393 e. The van der Waals surface area contributed by atoms with Crippen LogP contribution in [0.3, 0.4) is 0 Å². The number of aromatic nitrogens is 3. The molecule has 51 heavy (non-hydrogen) atoms. The Morgan fingerprint density at radius 3 is 2.43 bits per heavy atom. The van der Waals surface area contributed by atoms with Gasteiger partial charge in [0, 0.05) is 53.4 Å². The Bertz CT molecular complexity index is 2260. The summed E-state index contributed by atoms with van der Waals surface area (Å²) < 4.78 is 69.6. The number of aryl methyl sites for hydroxylation is 1. The molecule has 3 saturated heterocycles. The number of alkyl halides is 3. The van der Waals surface area contributed by atoms with Crippen molar-refractivity contribution in [1.29, 1.82) is 5.26 Å². The minimum absolute atomic E-state index is 0.0806. The van der Waals surface area contributed by atoms with E-state index in [1.807, 2.05) is 6.07 Å². The second-order valence-corrected chi connectivity index (χ2v) is 17.4. The van der Waals surface area contributed by atoms with Crippen LogP contribution in [0.5, 0.6) is 0 Å². The number of nitrogens with one attached hydrogen (secondary N) is 1. The number of nitriles is 1. The van der Waals surface area contributed by atoms with Gasteiger partial charge in [-0.15, -0.1) is 0 Å². The van der Waals surface area contributed by atoms with Crippen LogP contribution in [0.15, 0.2) is 42.7 Å². The normalized spacial score (nSPS) is 26.9. The molecule has 10 rings (SSSR count). The van der Waals surface area contributed by atoms with Crippen molar-refractivity contribution in [1.82, 2.24) is 28.5 Å². The highest BCUT2D eigenvalue weighted by atomic mass is 32.2.